The van der Waals surface area contributed by atoms with Gasteiger partial charge in [-0.15, -0.1) is 0 Å². The van der Waals surface area contributed by atoms with Gasteiger partial charge in [0.1, 0.15) is 11.6 Å². The van der Waals surface area contributed by atoms with Crippen LogP contribution in [0.25, 0.3) is 0 Å². The largest absolute Gasteiger partial charge is 0.481 e. The number of pyridine rings is 1. The normalized spacial score (nSPS) is 13.5. The van der Waals surface area contributed by atoms with Crippen molar-refractivity contribution in [1.82, 2.24) is 15.2 Å². The molecule has 1 amide bonds. The van der Waals surface area contributed by atoms with Gasteiger partial charge in [-0.1, -0.05) is 48.5 Å². The number of carboxylic acids is 1. The smallest absolute Gasteiger partial charge is 0.305 e. The van der Waals surface area contributed by atoms with Gasteiger partial charge in [-0.05, 0) is 54.2 Å². The van der Waals surface area contributed by atoms with Crippen LogP contribution in [0.15, 0.2) is 66.7 Å². The van der Waals surface area contributed by atoms with Crippen LogP contribution in [-0.2, 0) is 28.9 Å². The van der Waals surface area contributed by atoms with Crippen molar-refractivity contribution < 1.29 is 19.1 Å². The molecule has 1 atom stereocenters. The molecule has 3 aromatic rings. The third kappa shape index (κ3) is 8.11. The van der Waals surface area contributed by atoms with Gasteiger partial charge in [-0.25, -0.2) is 9.37 Å². The summed E-state index contributed by atoms with van der Waals surface area (Å²) in [5.41, 5.74) is 3.80. The molecule has 0 spiro atoms. The molecule has 0 saturated heterocycles. The Balaban J connectivity index is 1.42. The van der Waals surface area contributed by atoms with Crippen molar-refractivity contribution >= 4 is 17.7 Å². The number of anilines is 1. The lowest BCUT2D eigenvalue weighted by Gasteiger charge is -2.24. The third-order valence-electron chi connectivity index (χ3n) is 6.53. The number of nitrogens with one attached hydrogen (secondary N) is 2. The summed E-state index contributed by atoms with van der Waals surface area (Å²) in [6.07, 6.45) is 3.26. The van der Waals surface area contributed by atoms with Gasteiger partial charge in [0.05, 0.1) is 19.0 Å². The van der Waals surface area contributed by atoms with E-state index in [9.17, 15) is 19.1 Å². The summed E-state index contributed by atoms with van der Waals surface area (Å²) in [5, 5.41) is 15.5. The Morgan fingerprint density at radius 2 is 1.86 bits per heavy atom. The topological polar surface area (TPSA) is 94.6 Å². The Morgan fingerprint density at radius 3 is 2.65 bits per heavy atom. The van der Waals surface area contributed by atoms with E-state index in [-0.39, 0.29) is 18.9 Å². The van der Waals surface area contributed by atoms with E-state index < -0.39 is 17.8 Å². The summed E-state index contributed by atoms with van der Waals surface area (Å²) in [6, 6.07) is 19.1. The molecule has 37 heavy (non-hydrogen) atoms. The second-order valence-electron chi connectivity index (χ2n) is 9.38. The fraction of sp³-hybridized carbons (Fsp3) is 0.345. The highest BCUT2D eigenvalue weighted by atomic mass is 19.1. The van der Waals surface area contributed by atoms with E-state index >= 15 is 0 Å². The number of carbonyl (C=O) groups excluding carboxylic acids is 1. The van der Waals surface area contributed by atoms with Crippen molar-refractivity contribution in [2.45, 2.75) is 38.1 Å². The molecule has 194 valence electrons. The molecule has 2 aromatic carbocycles. The van der Waals surface area contributed by atoms with Gasteiger partial charge < -0.3 is 15.7 Å². The number of aromatic nitrogens is 1. The molecule has 1 unspecified atom stereocenters. The Bertz CT molecular complexity index is 1200. The Hall–Kier alpha value is -3.78. The standard InChI is InChI=1S/C29H33FN4O3/c30-24-10-4-8-23(18-24)26(19-28(36)37)33-27(35)20-34(16-13-21-6-2-1-3-7-21)17-14-25-12-11-22-9-5-15-31-29(22)32-25/h1-4,6-8,10-12,18,26H,5,9,13-17,19-20H2,(H,31,32)(H,33,35)(H,36,37). The van der Waals surface area contributed by atoms with Crippen molar-refractivity contribution in [3.8, 4) is 0 Å². The first-order valence-corrected chi connectivity index (χ1v) is 12.7. The summed E-state index contributed by atoms with van der Waals surface area (Å²) >= 11 is 0. The number of hydrogen-bond donors (Lipinski definition) is 3. The Kier molecular flexibility index (Phi) is 9.21. The number of hydrogen-bond acceptors (Lipinski definition) is 5. The van der Waals surface area contributed by atoms with E-state index in [4.69, 9.17) is 4.98 Å². The second kappa shape index (κ2) is 13.0. The molecule has 1 aromatic heterocycles. The molecule has 4 rings (SSSR count). The molecule has 0 bridgehead atoms. The van der Waals surface area contributed by atoms with Gasteiger partial charge in [-0.3, -0.25) is 14.5 Å². The van der Waals surface area contributed by atoms with Crippen molar-refractivity contribution in [3.05, 3.63) is 94.9 Å². The Labute approximate surface area is 216 Å². The fourth-order valence-corrected chi connectivity index (χ4v) is 4.58. The van der Waals surface area contributed by atoms with E-state index in [0.717, 1.165) is 37.3 Å². The van der Waals surface area contributed by atoms with E-state index in [1.807, 2.05) is 24.3 Å². The van der Waals surface area contributed by atoms with Crippen LogP contribution >= 0.6 is 0 Å². The minimum Gasteiger partial charge on any atom is -0.481 e. The molecule has 0 saturated carbocycles. The zero-order chi connectivity index (χ0) is 26.0. The van der Waals surface area contributed by atoms with Gasteiger partial charge in [-0.2, -0.15) is 0 Å². The molecule has 8 heteroatoms. The highest BCUT2D eigenvalue weighted by Crippen LogP contribution is 2.20. The van der Waals surface area contributed by atoms with Crippen LogP contribution in [0.1, 0.15) is 41.3 Å². The van der Waals surface area contributed by atoms with Gasteiger partial charge >= 0.3 is 5.97 Å². The van der Waals surface area contributed by atoms with E-state index in [1.165, 1.54) is 29.3 Å². The maximum atomic E-state index is 13.8. The first kappa shape index (κ1) is 26.3. The molecular formula is C29H33FN4O3. The van der Waals surface area contributed by atoms with Crippen LogP contribution in [0.3, 0.4) is 0 Å². The quantitative estimate of drug-likeness (QED) is 0.345. The number of aliphatic carboxylic acids is 1. The van der Waals surface area contributed by atoms with Gasteiger partial charge in [0.15, 0.2) is 0 Å². The molecule has 3 N–H and O–H groups in total. The minimum absolute atomic E-state index is 0.0987. The molecule has 1 aliphatic rings. The van der Waals surface area contributed by atoms with Crippen LogP contribution in [-0.4, -0.2) is 53.0 Å². The molecule has 0 aliphatic carbocycles. The van der Waals surface area contributed by atoms with Crippen LogP contribution in [0.2, 0.25) is 0 Å². The van der Waals surface area contributed by atoms with Crippen LogP contribution < -0.4 is 10.6 Å². The van der Waals surface area contributed by atoms with E-state index in [0.29, 0.717) is 25.1 Å². The van der Waals surface area contributed by atoms with Crippen molar-refractivity contribution in [2.24, 2.45) is 0 Å². The lowest BCUT2D eigenvalue weighted by Crippen LogP contribution is -2.41. The third-order valence-corrected chi connectivity index (χ3v) is 6.53. The number of carboxylic acid groups (broad SMARTS) is 1. The highest BCUT2D eigenvalue weighted by molar-refractivity contribution is 5.79. The first-order chi connectivity index (χ1) is 18.0. The van der Waals surface area contributed by atoms with E-state index in [1.54, 1.807) is 6.07 Å². The molecule has 1 aliphatic heterocycles. The van der Waals surface area contributed by atoms with Crippen LogP contribution in [0.5, 0.6) is 0 Å². The monoisotopic (exact) mass is 504 g/mol. The summed E-state index contributed by atoms with van der Waals surface area (Å²) < 4.78 is 13.8. The SMILES string of the molecule is O=C(O)CC(NC(=O)CN(CCc1ccccc1)CCc1ccc2c(n1)NCCC2)c1cccc(F)c1. The zero-order valence-electron chi connectivity index (χ0n) is 20.8. The zero-order valence-corrected chi connectivity index (χ0v) is 20.8. The summed E-state index contributed by atoms with van der Waals surface area (Å²) in [5.74, 6) is -0.895. The molecule has 2 heterocycles. The predicted molar refractivity (Wildman–Crippen MR) is 141 cm³/mol. The number of benzene rings is 2. The molecular weight excluding hydrogens is 471 g/mol. The van der Waals surface area contributed by atoms with Crippen molar-refractivity contribution in [3.63, 3.8) is 0 Å². The number of aryl methyl sites for hydroxylation is 1. The number of amides is 1. The average molecular weight is 505 g/mol. The maximum absolute atomic E-state index is 13.8. The summed E-state index contributed by atoms with van der Waals surface area (Å²) in [6.45, 7) is 2.30. The number of fused-ring (bicyclic) bond motifs is 1. The second-order valence-corrected chi connectivity index (χ2v) is 9.38. The maximum Gasteiger partial charge on any atom is 0.305 e. The van der Waals surface area contributed by atoms with Crippen molar-refractivity contribution in [2.75, 3.05) is 31.5 Å². The van der Waals surface area contributed by atoms with Crippen molar-refractivity contribution in [1.29, 1.82) is 0 Å². The van der Waals surface area contributed by atoms with Gasteiger partial charge in [0, 0.05) is 31.7 Å². The average Bonchev–Trinajstić information content (AvgIpc) is 2.90. The van der Waals surface area contributed by atoms with Crippen LogP contribution in [0, 0.1) is 5.82 Å². The lowest BCUT2D eigenvalue weighted by molar-refractivity contribution is -0.137. The number of nitrogens with zero attached hydrogens (tertiary/aromatic N) is 2. The molecule has 0 fully saturated rings. The highest BCUT2D eigenvalue weighted by Gasteiger charge is 2.20. The van der Waals surface area contributed by atoms with Crippen LogP contribution in [0.4, 0.5) is 10.2 Å². The summed E-state index contributed by atoms with van der Waals surface area (Å²) in [4.78, 5) is 31.3. The lowest BCUT2D eigenvalue weighted by atomic mass is 10.0. The van der Waals surface area contributed by atoms with Gasteiger partial charge in [0.2, 0.25) is 5.91 Å². The Morgan fingerprint density at radius 1 is 1.05 bits per heavy atom. The molecule has 7 nitrogen and oxygen atoms in total. The number of carbonyl (C=O) groups is 2. The number of halogens is 1. The minimum atomic E-state index is -1.07. The number of rotatable bonds is 12. The van der Waals surface area contributed by atoms with Gasteiger partial charge in [0.25, 0.3) is 0 Å². The van der Waals surface area contributed by atoms with E-state index in [2.05, 4.69) is 33.7 Å². The fourth-order valence-electron chi connectivity index (χ4n) is 4.58. The summed E-state index contributed by atoms with van der Waals surface area (Å²) in [7, 11) is 0. The predicted octanol–water partition coefficient (Wildman–Crippen LogP) is 4.00. The first-order valence-electron chi connectivity index (χ1n) is 12.7. The molecule has 0 radical (unpaired) electrons.